The van der Waals surface area contributed by atoms with Crippen LogP contribution in [0, 0.1) is 6.08 Å². The average molecular weight is 456 g/mol. The number of fused-ring (bicyclic) bond motifs is 2. The van der Waals surface area contributed by atoms with Gasteiger partial charge in [0.1, 0.15) is 0 Å². The molecule has 0 bridgehead atoms. The molecule has 0 N–H and O–H groups in total. The zero-order chi connectivity index (χ0) is 20.1. The molecule has 0 heterocycles. The van der Waals surface area contributed by atoms with Crippen molar-refractivity contribution in [2.24, 2.45) is 0 Å². The molecule has 1 heteroatoms. The molecule has 1 unspecified atom stereocenters. The Bertz CT molecular complexity index is 1110. The minimum Gasteiger partial charge on any atom is -0.275 e. The van der Waals surface area contributed by atoms with Gasteiger partial charge in [-0.2, -0.15) is 23.4 Å². The SMILES string of the molecule is CC1(c2cccc3ccccc23)[C-]=c2ccccc2=C1.C[C-]=C(C)C(C)=CC.[Zr+2]. The first-order valence-electron chi connectivity index (χ1n) is 9.84. The van der Waals surface area contributed by atoms with Gasteiger partial charge in [0.05, 0.1) is 0 Å². The Kier molecular flexibility index (Phi) is 8.17. The zero-order valence-corrected chi connectivity index (χ0v) is 20.5. The molecule has 0 aromatic heterocycles. The summed E-state index contributed by atoms with van der Waals surface area (Å²) in [5.74, 6) is 0. The second kappa shape index (κ2) is 10.2. The predicted molar refractivity (Wildman–Crippen MR) is 122 cm³/mol. The van der Waals surface area contributed by atoms with Gasteiger partial charge < -0.3 is 0 Å². The summed E-state index contributed by atoms with van der Waals surface area (Å²) in [7, 11) is 0. The summed E-state index contributed by atoms with van der Waals surface area (Å²) in [5.41, 5.74) is 3.73. The summed E-state index contributed by atoms with van der Waals surface area (Å²) in [5, 5.41) is 5.09. The van der Waals surface area contributed by atoms with Crippen LogP contribution >= 0.6 is 0 Å². The summed E-state index contributed by atoms with van der Waals surface area (Å²) in [4.78, 5) is 0. The van der Waals surface area contributed by atoms with Gasteiger partial charge in [0.2, 0.25) is 0 Å². The average Bonchev–Trinajstić information content (AvgIpc) is 3.09. The topological polar surface area (TPSA) is 0 Å². The molecule has 1 atom stereocenters. The Hall–Kier alpha value is -1.98. The minimum absolute atomic E-state index is 0. The normalized spacial score (nSPS) is 18.0. The Balaban J connectivity index is 0.000000289. The Morgan fingerprint density at radius 1 is 0.931 bits per heavy atom. The van der Waals surface area contributed by atoms with E-state index < -0.39 is 0 Å². The van der Waals surface area contributed by atoms with E-state index in [1.807, 2.05) is 13.8 Å². The molecular formula is C28H28Zr. The predicted octanol–water partition coefficient (Wildman–Crippen LogP) is 5.97. The Morgan fingerprint density at radius 2 is 1.59 bits per heavy atom. The van der Waals surface area contributed by atoms with Gasteiger partial charge in [-0.25, -0.2) is 11.1 Å². The van der Waals surface area contributed by atoms with Crippen LogP contribution in [-0.4, -0.2) is 0 Å². The monoisotopic (exact) mass is 454 g/mol. The van der Waals surface area contributed by atoms with Crippen LogP contribution in [-0.2, 0) is 31.6 Å². The summed E-state index contributed by atoms with van der Waals surface area (Å²) in [6.45, 7) is 10.4. The first-order chi connectivity index (χ1) is 13.5. The van der Waals surface area contributed by atoms with E-state index in [9.17, 15) is 0 Å². The molecule has 3 aromatic rings. The fourth-order valence-electron chi connectivity index (χ4n) is 3.60. The van der Waals surface area contributed by atoms with Gasteiger partial charge >= 0.3 is 26.2 Å². The fourth-order valence-corrected chi connectivity index (χ4v) is 3.60. The molecule has 0 aliphatic heterocycles. The fraction of sp³-hybridized carbons (Fsp3) is 0.214. The van der Waals surface area contributed by atoms with Gasteiger partial charge in [0.15, 0.2) is 0 Å². The molecule has 29 heavy (non-hydrogen) atoms. The first kappa shape index (κ1) is 23.3. The maximum absolute atomic E-state index is 3.66. The molecule has 0 radical (unpaired) electrons. The molecule has 0 spiro atoms. The maximum atomic E-state index is 3.66. The molecule has 4 rings (SSSR count). The number of allylic oxidation sites excluding steroid dienone is 4. The van der Waals surface area contributed by atoms with Crippen molar-refractivity contribution >= 4 is 22.9 Å². The number of rotatable bonds is 2. The van der Waals surface area contributed by atoms with Crippen LogP contribution in [0.2, 0.25) is 0 Å². The number of hydrogen-bond acceptors (Lipinski definition) is 0. The van der Waals surface area contributed by atoms with E-state index >= 15 is 0 Å². The molecule has 0 amide bonds. The summed E-state index contributed by atoms with van der Waals surface area (Å²) in [6, 6.07) is 23.6. The molecule has 3 aromatic carbocycles. The quantitative estimate of drug-likeness (QED) is 0.330. The van der Waals surface area contributed by atoms with Crippen molar-refractivity contribution in [3.05, 3.63) is 106 Å². The van der Waals surface area contributed by atoms with Crippen LogP contribution in [0.3, 0.4) is 0 Å². The van der Waals surface area contributed by atoms with E-state index in [4.69, 9.17) is 0 Å². The third-order valence-corrected chi connectivity index (χ3v) is 5.55. The van der Waals surface area contributed by atoms with Gasteiger partial charge in [-0.05, 0) is 21.8 Å². The van der Waals surface area contributed by atoms with Gasteiger partial charge in [0.25, 0.3) is 0 Å². The third-order valence-electron chi connectivity index (χ3n) is 5.55. The van der Waals surface area contributed by atoms with Crippen LogP contribution < -0.4 is 10.4 Å². The molecule has 144 valence electrons. The molecular weight excluding hydrogens is 428 g/mol. The number of hydrogen-bond donors (Lipinski definition) is 0. The van der Waals surface area contributed by atoms with E-state index in [-0.39, 0.29) is 31.6 Å². The van der Waals surface area contributed by atoms with Crippen molar-refractivity contribution in [1.29, 1.82) is 0 Å². The molecule has 0 fully saturated rings. The van der Waals surface area contributed by atoms with Crippen LogP contribution in [0.25, 0.3) is 22.9 Å². The zero-order valence-electron chi connectivity index (χ0n) is 18.0. The van der Waals surface area contributed by atoms with Crippen molar-refractivity contribution < 1.29 is 26.2 Å². The third kappa shape index (κ3) is 5.15. The van der Waals surface area contributed by atoms with E-state index in [0.717, 1.165) is 0 Å². The molecule has 0 saturated heterocycles. The largest absolute Gasteiger partial charge is 2.00 e. The molecule has 0 saturated carbocycles. The Morgan fingerprint density at radius 3 is 2.24 bits per heavy atom. The van der Waals surface area contributed by atoms with Crippen molar-refractivity contribution in [3.63, 3.8) is 0 Å². The van der Waals surface area contributed by atoms with E-state index in [0.29, 0.717) is 0 Å². The molecule has 0 nitrogen and oxygen atoms in total. The summed E-state index contributed by atoms with van der Waals surface area (Å²) < 4.78 is 0. The molecule has 1 aliphatic rings. The summed E-state index contributed by atoms with van der Waals surface area (Å²) >= 11 is 0. The van der Waals surface area contributed by atoms with E-state index in [1.165, 1.54) is 37.9 Å². The van der Waals surface area contributed by atoms with Crippen LogP contribution in [0.5, 0.6) is 0 Å². The van der Waals surface area contributed by atoms with E-state index in [1.54, 1.807) is 0 Å². The second-order valence-electron chi connectivity index (χ2n) is 7.43. The van der Waals surface area contributed by atoms with Gasteiger partial charge in [-0.1, -0.05) is 69.3 Å². The van der Waals surface area contributed by atoms with E-state index in [2.05, 4.69) is 112 Å². The second-order valence-corrected chi connectivity index (χ2v) is 7.43. The smallest absolute Gasteiger partial charge is 0.275 e. The van der Waals surface area contributed by atoms with Gasteiger partial charge in [-0.3, -0.25) is 6.08 Å². The molecule has 1 aliphatic carbocycles. The maximum Gasteiger partial charge on any atom is 2.00 e. The van der Waals surface area contributed by atoms with Gasteiger partial charge in [0, 0.05) is 0 Å². The van der Waals surface area contributed by atoms with Crippen molar-refractivity contribution in [3.8, 4) is 0 Å². The first-order valence-corrected chi connectivity index (χ1v) is 9.84. The minimum atomic E-state index is -0.148. The van der Waals surface area contributed by atoms with Crippen molar-refractivity contribution in [2.75, 3.05) is 0 Å². The van der Waals surface area contributed by atoms with Crippen LogP contribution in [0.15, 0.2) is 84.0 Å². The van der Waals surface area contributed by atoms with Crippen molar-refractivity contribution in [2.45, 2.75) is 40.0 Å². The Labute approximate surface area is 194 Å². The van der Waals surface area contributed by atoms with Crippen LogP contribution in [0.1, 0.15) is 40.2 Å². The standard InChI is InChI=1S/C20H15.C8H13.Zr/c1-20(13-16-8-2-3-9-17(16)14-20)19-12-6-10-15-7-4-5-11-18(15)19;1-5-7(3)8(4)6-2;/h2-13H,1H3;5H,1-4H3;/q2*-1;+2. The van der Waals surface area contributed by atoms with Crippen LogP contribution in [0.4, 0.5) is 0 Å². The summed E-state index contributed by atoms with van der Waals surface area (Å²) in [6.07, 6.45) is 11.1. The van der Waals surface area contributed by atoms with Crippen molar-refractivity contribution in [1.82, 2.24) is 0 Å². The number of benzene rings is 3. The van der Waals surface area contributed by atoms with Gasteiger partial charge in [-0.15, -0.1) is 37.3 Å².